The van der Waals surface area contributed by atoms with Gasteiger partial charge in [0.25, 0.3) is 0 Å². The van der Waals surface area contributed by atoms with Crippen LogP contribution in [-0.4, -0.2) is 19.1 Å². The van der Waals surface area contributed by atoms with E-state index >= 15 is 0 Å². The number of nitrogens with zero attached hydrogens (tertiary/aromatic N) is 4. The molecule has 6 heteroatoms. The number of benzene rings is 1. The molecule has 3 aromatic rings. The zero-order chi connectivity index (χ0) is 12.5. The van der Waals surface area contributed by atoms with Gasteiger partial charge >= 0.3 is 0 Å². The van der Waals surface area contributed by atoms with E-state index in [2.05, 4.69) is 9.97 Å². The summed E-state index contributed by atoms with van der Waals surface area (Å²) in [4.78, 5) is 8.13. The van der Waals surface area contributed by atoms with Gasteiger partial charge in [0.15, 0.2) is 0 Å². The van der Waals surface area contributed by atoms with E-state index in [-0.39, 0.29) is 5.82 Å². The van der Waals surface area contributed by atoms with Crippen molar-refractivity contribution in [1.82, 2.24) is 19.1 Å². The van der Waals surface area contributed by atoms with E-state index in [9.17, 15) is 4.39 Å². The van der Waals surface area contributed by atoms with Crippen molar-refractivity contribution in [3.8, 4) is 0 Å². The Morgan fingerprint density at radius 3 is 2.94 bits per heavy atom. The van der Waals surface area contributed by atoms with Crippen LogP contribution < -0.4 is 5.73 Å². The number of halogens is 1. The van der Waals surface area contributed by atoms with Gasteiger partial charge in [-0.05, 0) is 12.1 Å². The van der Waals surface area contributed by atoms with Gasteiger partial charge in [-0.2, -0.15) is 0 Å². The van der Waals surface area contributed by atoms with Gasteiger partial charge in [0.2, 0.25) is 5.95 Å². The van der Waals surface area contributed by atoms with Crippen LogP contribution in [0, 0.1) is 5.82 Å². The predicted molar refractivity (Wildman–Crippen MR) is 66.3 cm³/mol. The first-order valence-electron chi connectivity index (χ1n) is 5.61. The van der Waals surface area contributed by atoms with Crippen LogP contribution in [0.2, 0.25) is 0 Å². The number of hydrogen-bond acceptors (Lipinski definition) is 3. The third-order valence-electron chi connectivity index (χ3n) is 2.88. The summed E-state index contributed by atoms with van der Waals surface area (Å²) in [7, 11) is 0. The number of fused-ring (bicyclic) bond motifs is 1. The molecule has 2 aromatic heterocycles. The van der Waals surface area contributed by atoms with Crippen LogP contribution >= 0.6 is 0 Å². The number of anilines is 1. The molecule has 5 nitrogen and oxygen atoms in total. The first-order valence-corrected chi connectivity index (χ1v) is 5.61. The van der Waals surface area contributed by atoms with Crippen molar-refractivity contribution in [3.05, 3.63) is 42.7 Å². The molecule has 18 heavy (non-hydrogen) atoms. The van der Waals surface area contributed by atoms with E-state index in [1.807, 2.05) is 15.3 Å². The Kier molecular flexibility index (Phi) is 2.47. The van der Waals surface area contributed by atoms with Gasteiger partial charge < -0.3 is 14.9 Å². The van der Waals surface area contributed by atoms with Crippen LogP contribution in [0.5, 0.6) is 0 Å². The summed E-state index contributed by atoms with van der Waals surface area (Å²) in [5, 5.41) is 0. The van der Waals surface area contributed by atoms with Crippen molar-refractivity contribution in [2.24, 2.45) is 0 Å². The number of hydrogen-bond donors (Lipinski definition) is 1. The van der Waals surface area contributed by atoms with Crippen LogP contribution in [0.4, 0.5) is 10.3 Å². The number of imidazole rings is 2. The number of nitrogen functional groups attached to an aromatic ring is 1. The molecule has 0 aliphatic heterocycles. The lowest BCUT2D eigenvalue weighted by atomic mass is 10.3. The Hall–Kier alpha value is -2.37. The maximum absolute atomic E-state index is 13.1. The summed E-state index contributed by atoms with van der Waals surface area (Å²) in [5.41, 5.74) is 7.27. The Morgan fingerprint density at radius 2 is 2.17 bits per heavy atom. The molecule has 0 saturated carbocycles. The van der Waals surface area contributed by atoms with Gasteiger partial charge in [-0.25, -0.2) is 14.4 Å². The number of aryl methyl sites for hydroxylation is 2. The zero-order valence-electron chi connectivity index (χ0n) is 9.62. The average molecular weight is 245 g/mol. The highest BCUT2D eigenvalue weighted by Crippen LogP contribution is 2.18. The van der Waals surface area contributed by atoms with Crippen LogP contribution in [0.1, 0.15) is 0 Å². The summed E-state index contributed by atoms with van der Waals surface area (Å²) in [6.07, 6.45) is 5.36. The van der Waals surface area contributed by atoms with Crippen molar-refractivity contribution in [2.75, 3.05) is 5.73 Å². The van der Waals surface area contributed by atoms with Crippen molar-refractivity contribution in [2.45, 2.75) is 13.1 Å². The Morgan fingerprint density at radius 1 is 1.28 bits per heavy atom. The second kappa shape index (κ2) is 4.14. The van der Waals surface area contributed by atoms with Gasteiger partial charge in [0.1, 0.15) is 5.82 Å². The highest BCUT2D eigenvalue weighted by Gasteiger charge is 2.08. The molecule has 1 aromatic carbocycles. The van der Waals surface area contributed by atoms with E-state index in [4.69, 9.17) is 5.73 Å². The average Bonchev–Trinajstić information content (AvgIpc) is 2.93. The van der Waals surface area contributed by atoms with E-state index in [1.54, 1.807) is 18.6 Å². The van der Waals surface area contributed by atoms with Crippen molar-refractivity contribution in [3.63, 3.8) is 0 Å². The van der Waals surface area contributed by atoms with Gasteiger partial charge in [-0.3, -0.25) is 0 Å². The molecule has 3 rings (SSSR count). The first kappa shape index (κ1) is 10.8. The van der Waals surface area contributed by atoms with Crippen LogP contribution in [0.3, 0.4) is 0 Å². The molecule has 0 bridgehead atoms. The lowest BCUT2D eigenvalue weighted by molar-refractivity contribution is 0.593. The lowest BCUT2D eigenvalue weighted by Crippen LogP contribution is -2.08. The molecular formula is C12H12FN5. The topological polar surface area (TPSA) is 61.7 Å². The van der Waals surface area contributed by atoms with Gasteiger partial charge in [-0.15, -0.1) is 0 Å². The number of rotatable bonds is 3. The molecule has 0 amide bonds. The van der Waals surface area contributed by atoms with Gasteiger partial charge in [0, 0.05) is 31.5 Å². The maximum atomic E-state index is 13.1. The monoisotopic (exact) mass is 245 g/mol. The molecule has 0 radical (unpaired) electrons. The highest BCUT2D eigenvalue weighted by molar-refractivity contribution is 5.78. The molecule has 0 unspecified atom stereocenters. The summed E-state index contributed by atoms with van der Waals surface area (Å²) in [6.45, 7) is 1.41. The lowest BCUT2D eigenvalue weighted by Gasteiger charge is -2.06. The number of nitrogens with two attached hydrogens (primary N) is 1. The molecule has 0 aliphatic carbocycles. The predicted octanol–water partition coefficient (Wildman–Crippen LogP) is 1.65. The first-order chi connectivity index (χ1) is 8.74. The second-order valence-corrected chi connectivity index (χ2v) is 4.06. The van der Waals surface area contributed by atoms with Crippen LogP contribution in [0.25, 0.3) is 11.0 Å². The minimum absolute atomic E-state index is 0.304. The van der Waals surface area contributed by atoms with Crippen LogP contribution in [-0.2, 0) is 13.1 Å². The summed E-state index contributed by atoms with van der Waals surface area (Å²) < 4.78 is 16.9. The SMILES string of the molecule is Nc1nc2cc(F)ccc2n1CCn1ccnc1. The van der Waals surface area contributed by atoms with E-state index in [1.165, 1.54) is 12.1 Å². The van der Waals surface area contributed by atoms with Gasteiger partial charge in [0.05, 0.1) is 17.4 Å². The maximum Gasteiger partial charge on any atom is 0.201 e. The standard InChI is InChI=1S/C12H12FN5/c13-9-1-2-11-10(7-9)16-12(14)18(11)6-5-17-4-3-15-8-17/h1-4,7-8H,5-6H2,(H2,14,16). The summed E-state index contributed by atoms with van der Waals surface area (Å²) in [5.74, 6) is 0.0949. The van der Waals surface area contributed by atoms with Crippen LogP contribution in [0.15, 0.2) is 36.9 Å². The fourth-order valence-corrected chi connectivity index (χ4v) is 1.99. The smallest absolute Gasteiger partial charge is 0.201 e. The molecule has 0 aliphatic rings. The molecule has 92 valence electrons. The number of aromatic nitrogens is 4. The van der Waals surface area contributed by atoms with Crippen molar-refractivity contribution < 1.29 is 4.39 Å². The highest BCUT2D eigenvalue weighted by atomic mass is 19.1. The Bertz CT molecular complexity index is 671. The fraction of sp³-hybridized carbons (Fsp3) is 0.167. The molecule has 0 spiro atoms. The Balaban J connectivity index is 1.93. The molecule has 2 heterocycles. The van der Waals surface area contributed by atoms with E-state index in [0.717, 1.165) is 12.1 Å². The fourth-order valence-electron chi connectivity index (χ4n) is 1.99. The quantitative estimate of drug-likeness (QED) is 0.763. The molecular weight excluding hydrogens is 233 g/mol. The molecule has 0 fully saturated rings. The van der Waals surface area contributed by atoms with E-state index < -0.39 is 0 Å². The minimum atomic E-state index is -0.304. The zero-order valence-corrected chi connectivity index (χ0v) is 9.62. The van der Waals surface area contributed by atoms with Crippen molar-refractivity contribution >= 4 is 17.0 Å². The molecule has 0 atom stereocenters. The second-order valence-electron chi connectivity index (χ2n) is 4.06. The van der Waals surface area contributed by atoms with E-state index in [0.29, 0.717) is 18.0 Å². The largest absolute Gasteiger partial charge is 0.369 e. The van der Waals surface area contributed by atoms with Gasteiger partial charge in [-0.1, -0.05) is 0 Å². The Labute approximate surface area is 103 Å². The minimum Gasteiger partial charge on any atom is -0.369 e. The molecule has 0 saturated heterocycles. The molecule has 2 N–H and O–H groups in total. The summed E-state index contributed by atoms with van der Waals surface area (Å²) in [6, 6.07) is 4.50. The third-order valence-corrected chi connectivity index (χ3v) is 2.88. The third kappa shape index (κ3) is 1.81. The normalized spacial score (nSPS) is 11.2. The van der Waals surface area contributed by atoms with Crippen molar-refractivity contribution in [1.29, 1.82) is 0 Å². The summed E-state index contributed by atoms with van der Waals surface area (Å²) >= 11 is 0.